The predicted octanol–water partition coefficient (Wildman–Crippen LogP) is 1.82. The van der Waals surface area contributed by atoms with Crippen molar-refractivity contribution in [2.24, 2.45) is 5.92 Å². The van der Waals surface area contributed by atoms with E-state index >= 15 is 0 Å². The number of aryl methyl sites for hydroxylation is 1. The summed E-state index contributed by atoms with van der Waals surface area (Å²) in [6, 6.07) is 0.719. The maximum Gasteiger partial charge on any atom is 0.135 e. The van der Waals surface area contributed by atoms with Crippen LogP contribution < -0.4 is 4.90 Å². The van der Waals surface area contributed by atoms with Crippen LogP contribution in [0.3, 0.4) is 0 Å². The van der Waals surface area contributed by atoms with E-state index in [1.165, 1.54) is 68.9 Å². The van der Waals surface area contributed by atoms with Gasteiger partial charge in [-0.2, -0.15) is 0 Å². The van der Waals surface area contributed by atoms with Crippen LogP contribution in [0.15, 0.2) is 6.33 Å². The molecule has 2 saturated heterocycles. The first kappa shape index (κ1) is 16.3. The molecule has 2 fully saturated rings. The summed E-state index contributed by atoms with van der Waals surface area (Å²) in [7, 11) is 2.24. The van der Waals surface area contributed by atoms with Crippen LogP contribution in [0.4, 0.5) is 5.82 Å². The van der Waals surface area contributed by atoms with Crippen molar-refractivity contribution >= 4 is 5.82 Å². The summed E-state index contributed by atoms with van der Waals surface area (Å²) >= 11 is 0. The highest BCUT2D eigenvalue weighted by atomic mass is 15.3. The van der Waals surface area contributed by atoms with Crippen LogP contribution in [-0.4, -0.2) is 72.1 Å². The van der Waals surface area contributed by atoms with Gasteiger partial charge in [0.2, 0.25) is 0 Å². The summed E-state index contributed by atoms with van der Waals surface area (Å²) in [5, 5.41) is 0. The van der Waals surface area contributed by atoms with Gasteiger partial charge in [-0.05, 0) is 52.0 Å². The monoisotopic (exact) mass is 329 g/mol. The van der Waals surface area contributed by atoms with E-state index in [1.54, 1.807) is 6.33 Å². The molecule has 1 aliphatic carbocycles. The number of rotatable bonds is 3. The van der Waals surface area contributed by atoms with Crippen LogP contribution in [-0.2, 0) is 12.8 Å². The van der Waals surface area contributed by atoms with Gasteiger partial charge in [-0.15, -0.1) is 0 Å². The van der Waals surface area contributed by atoms with Gasteiger partial charge in [-0.25, -0.2) is 9.97 Å². The van der Waals surface area contributed by atoms with Crippen molar-refractivity contribution in [1.82, 2.24) is 19.8 Å². The second-order valence-electron chi connectivity index (χ2n) is 7.88. The van der Waals surface area contributed by atoms with Crippen molar-refractivity contribution in [3.8, 4) is 0 Å². The van der Waals surface area contributed by atoms with Crippen LogP contribution in [0, 0.1) is 5.92 Å². The lowest BCUT2D eigenvalue weighted by Gasteiger charge is -2.43. The molecule has 132 valence electrons. The Kier molecular flexibility index (Phi) is 4.72. The lowest BCUT2D eigenvalue weighted by molar-refractivity contribution is 0.0813. The topological polar surface area (TPSA) is 35.5 Å². The van der Waals surface area contributed by atoms with E-state index in [9.17, 15) is 0 Å². The van der Waals surface area contributed by atoms with E-state index in [2.05, 4.69) is 38.6 Å². The molecule has 0 amide bonds. The molecule has 3 aliphatic rings. The van der Waals surface area contributed by atoms with Gasteiger partial charge in [0.25, 0.3) is 0 Å². The number of hydrogen-bond acceptors (Lipinski definition) is 5. The van der Waals surface area contributed by atoms with Crippen LogP contribution in [0.5, 0.6) is 0 Å². The molecule has 5 nitrogen and oxygen atoms in total. The van der Waals surface area contributed by atoms with Crippen molar-refractivity contribution in [3.05, 3.63) is 17.6 Å². The Bertz CT molecular complexity index is 559. The zero-order valence-electron chi connectivity index (χ0n) is 15.2. The van der Waals surface area contributed by atoms with E-state index in [0.29, 0.717) is 0 Å². The van der Waals surface area contributed by atoms with E-state index in [4.69, 9.17) is 0 Å². The Balaban J connectivity index is 1.36. The Hall–Kier alpha value is -1.20. The van der Waals surface area contributed by atoms with Crippen molar-refractivity contribution < 1.29 is 0 Å². The molecule has 0 aromatic carbocycles. The molecule has 0 bridgehead atoms. The van der Waals surface area contributed by atoms with Gasteiger partial charge in [0.05, 0.1) is 0 Å². The molecule has 0 radical (unpaired) electrons. The Morgan fingerprint density at radius 1 is 1.00 bits per heavy atom. The van der Waals surface area contributed by atoms with E-state index < -0.39 is 0 Å². The van der Waals surface area contributed by atoms with Gasteiger partial charge in [0, 0.05) is 56.6 Å². The number of likely N-dealkylation sites (N-methyl/N-ethyl adjacent to an activating group) is 1. The van der Waals surface area contributed by atoms with E-state index in [-0.39, 0.29) is 0 Å². The average molecular weight is 329 g/mol. The maximum absolute atomic E-state index is 4.64. The smallest absolute Gasteiger partial charge is 0.135 e. The van der Waals surface area contributed by atoms with Crippen molar-refractivity contribution in [3.63, 3.8) is 0 Å². The lowest BCUT2D eigenvalue weighted by Crippen LogP contribution is -2.51. The van der Waals surface area contributed by atoms with Crippen LogP contribution in [0.1, 0.15) is 37.4 Å². The largest absolute Gasteiger partial charge is 0.356 e. The second kappa shape index (κ2) is 6.96. The molecule has 1 aromatic heterocycles. The minimum Gasteiger partial charge on any atom is -0.356 e. The standard InChI is InChI=1S/C19H31N5/c1-15(23-12-10-22(2)11-13-23)16-6-8-24(9-7-16)19-17-4-3-5-18(17)20-14-21-19/h14-16H,3-13H2,1-2H3/t15-/m1/s1. The minimum absolute atomic E-state index is 0.719. The number of piperidine rings is 1. The predicted molar refractivity (Wildman–Crippen MR) is 97.5 cm³/mol. The lowest BCUT2D eigenvalue weighted by atomic mass is 9.89. The molecule has 1 aromatic rings. The first-order valence-electron chi connectivity index (χ1n) is 9.72. The molecule has 1 atom stereocenters. The van der Waals surface area contributed by atoms with Crippen molar-refractivity contribution in [2.75, 3.05) is 51.2 Å². The van der Waals surface area contributed by atoms with Crippen LogP contribution >= 0.6 is 0 Å². The third kappa shape index (κ3) is 3.16. The number of piperazine rings is 1. The zero-order valence-corrected chi connectivity index (χ0v) is 15.2. The number of aromatic nitrogens is 2. The number of nitrogens with zero attached hydrogens (tertiary/aromatic N) is 5. The van der Waals surface area contributed by atoms with Crippen molar-refractivity contribution in [1.29, 1.82) is 0 Å². The fraction of sp³-hybridized carbons (Fsp3) is 0.789. The van der Waals surface area contributed by atoms with Gasteiger partial charge in [0.15, 0.2) is 0 Å². The SMILES string of the molecule is C[C@H](C1CCN(c2ncnc3c2CCC3)CC1)N1CCN(C)CC1. The molecule has 2 aliphatic heterocycles. The molecule has 0 spiro atoms. The van der Waals surface area contributed by atoms with Gasteiger partial charge in [-0.3, -0.25) is 4.90 Å². The summed E-state index contributed by atoms with van der Waals surface area (Å²) in [5.74, 6) is 2.07. The highest BCUT2D eigenvalue weighted by Gasteiger charge is 2.30. The Morgan fingerprint density at radius 2 is 1.75 bits per heavy atom. The highest BCUT2D eigenvalue weighted by Crippen LogP contribution is 2.32. The van der Waals surface area contributed by atoms with Gasteiger partial charge in [-0.1, -0.05) is 0 Å². The zero-order chi connectivity index (χ0) is 16.5. The minimum atomic E-state index is 0.719. The quantitative estimate of drug-likeness (QED) is 0.845. The molecular formula is C19H31N5. The Labute approximate surface area is 146 Å². The Morgan fingerprint density at radius 3 is 2.50 bits per heavy atom. The van der Waals surface area contributed by atoms with E-state index in [1.807, 2.05) is 0 Å². The van der Waals surface area contributed by atoms with Crippen LogP contribution in [0.25, 0.3) is 0 Å². The first-order valence-corrected chi connectivity index (χ1v) is 9.72. The molecule has 24 heavy (non-hydrogen) atoms. The normalized spacial score (nSPS) is 25.0. The molecule has 0 saturated carbocycles. The van der Waals surface area contributed by atoms with Gasteiger partial charge < -0.3 is 9.80 Å². The molecule has 5 heteroatoms. The number of hydrogen-bond donors (Lipinski definition) is 0. The fourth-order valence-corrected chi connectivity index (χ4v) is 4.74. The fourth-order valence-electron chi connectivity index (χ4n) is 4.74. The molecule has 3 heterocycles. The van der Waals surface area contributed by atoms with Crippen molar-refractivity contribution in [2.45, 2.75) is 45.1 Å². The van der Waals surface area contributed by atoms with Gasteiger partial charge in [0.1, 0.15) is 12.1 Å². The third-order valence-electron chi connectivity index (χ3n) is 6.49. The number of anilines is 1. The first-order chi connectivity index (χ1) is 11.7. The molecule has 4 rings (SSSR count). The van der Waals surface area contributed by atoms with Crippen LogP contribution in [0.2, 0.25) is 0 Å². The average Bonchev–Trinajstić information content (AvgIpc) is 3.11. The molecular weight excluding hydrogens is 298 g/mol. The van der Waals surface area contributed by atoms with E-state index in [0.717, 1.165) is 31.5 Å². The third-order valence-corrected chi connectivity index (χ3v) is 6.49. The molecule has 0 unspecified atom stereocenters. The summed E-state index contributed by atoms with van der Waals surface area (Å²) in [6.07, 6.45) is 7.93. The second-order valence-corrected chi connectivity index (χ2v) is 7.88. The highest BCUT2D eigenvalue weighted by molar-refractivity contribution is 5.50. The number of fused-ring (bicyclic) bond motifs is 1. The summed E-state index contributed by atoms with van der Waals surface area (Å²) in [4.78, 5) is 16.8. The summed E-state index contributed by atoms with van der Waals surface area (Å²) in [6.45, 7) is 9.67. The maximum atomic E-state index is 4.64. The van der Waals surface area contributed by atoms with Gasteiger partial charge >= 0.3 is 0 Å². The molecule has 0 N–H and O–H groups in total. The summed E-state index contributed by atoms with van der Waals surface area (Å²) in [5.41, 5.74) is 2.73. The summed E-state index contributed by atoms with van der Waals surface area (Å²) < 4.78 is 0.